The van der Waals surface area contributed by atoms with E-state index < -0.39 is 6.23 Å². The Labute approximate surface area is 169 Å². The van der Waals surface area contributed by atoms with E-state index in [1.807, 2.05) is 0 Å². The predicted octanol–water partition coefficient (Wildman–Crippen LogP) is 4.43. The minimum Gasteiger partial charge on any atom is -0.377 e. The minimum atomic E-state index is -0.406. The Bertz CT molecular complexity index is 714. The summed E-state index contributed by atoms with van der Waals surface area (Å²) in [6.07, 6.45) is 6.73. The van der Waals surface area contributed by atoms with Crippen LogP contribution in [0.25, 0.3) is 5.57 Å². The van der Waals surface area contributed by atoms with Gasteiger partial charge in [0, 0.05) is 25.7 Å². The average molecular weight is 377 g/mol. The van der Waals surface area contributed by atoms with Crippen molar-refractivity contribution in [3.8, 4) is 0 Å². The van der Waals surface area contributed by atoms with Crippen LogP contribution in [0.15, 0.2) is 66.2 Å². The van der Waals surface area contributed by atoms with Gasteiger partial charge in [-0.1, -0.05) is 79.1 Å². The van der Waals surface area contributed by atoms with Crippen molar-refractivity contribution in [1.82, 2.24) is 10.2 Å². The highest BCUT2D eigenvalue weighted by molar-refractivity contribution is 5.82. The summed E-state index contributed by atoms with van der Waals surface area (Å²) in [5, 5.41) is 13.8. The number of hydrogen-bond donors (Lipinski definition) is 2. The molecular formula is C25H32N2O. The largest absolute Gasteiger partial charge is 0.377 e. The average Bonchev–Trinajstić information content (AvgIpc) is 3.24. The molecule has 3 heteroatoms. The lowest BCUT2D eigenvalue weighted by atomic mass is 9.88. The fraction of sp³-hybridized carbons (Fsp3) is 0.440. The summed E-state index contributed by atoms with van der Waals surface area (Å²) in [5.41, 5.74) is 5.54. The third kappa shape index (κ3) is 4.91. The monoisotopic (exact) mass is 376 g/mol. The van der Waals surface area contributed by atoms with Crippen LogP contribution in [0, 0.1) is 0 Å². The highest BCUT2D eigenvalue weighted by atomic mass is 16.3. The zero-order chi connectivity index (χ0) is 19.2. The third-order valence-electron chi connectivity index (χ3n) is 6.15. The van der Waals surface area contributed by atoms with Gasteiger partial charge in [0.05, 0.1) is 0 Å². The van der Waals surface area contributed by atoms with Crippen molar-refractivity contribution in [3.05, 3.63) is 77.4 Å². The lowest BCUT2D eigenvalue weighted by molar-refractivity contribution is 0.0718. The molecule has 4 rings (SSSR count). The molecule has 1 aliphatic carbocycles. The van der Waals surface area contributed by atoms with Gasteiger partial charge in [-0.15, -0.1) is 0 Å². The van der Waals surface area contributed by atoms with Crippen LogP contribution >= 0.6 is 0 Å². The van der Waals surface area contributed by atoms with Crippen LogP contribution in [0.2, 0.25) is 0 Å². The first kappa shape index (κ1) is 19.4. The second-order valence-corrected chi connectivity index (χ2v) is 8.18. The first-order valence-electron chi connectivity index (χ1n) is 10.8. The van der Waals surface area contributed by atoms with Gasteiger partial charge in [-0.25, -0.2) is 0 Å². The SMILES string of the molecule is OC(CN1CCC(=C(c2ccccc2)c2ccccc2)CC1)NC1CCCC1. The Morgan fingerprint density at radius 3 is 1.96 bits per heavy atom. The first-order chi connectivity index (χ1) is 13.8. The van der Waals surface area contributed by atoms with Gasteiger partial charge in [0.25, 0.3) is 0 Å². The van der Waals surface area contributed by atoms with Crippen molar-refractivity contribution < 1.29 is 5.11 Å². The van der Waals surface area contributed by atoms with Crippen LogP contribution in [0.1, 0.15) is 49.7 Å². The van der Waals surface area contributed by atoms with E-state index in [1.165, 1.54) is 48.0 Å². The molecule has 0 aromatic heterocycles. The van der Waals surface area contributed by atoms with E-state index in [9.17, 15) is 5.11 Å². The van der Waals surface area contributed by atoms with Gasteiger partial charge < -0.3 is 5.11 Å². The fourth-order valence-electron chi connectivity index (χ4n) is 4.70. The quantitative estimate of drug-likeness (QED) is 0.732. The maximum Gasteiger partial charge on any atom is 0.117 e. The van der Waals surface area contributed by atoms with E-state index in [1.54, 1.807) is 0 Å². The molecule has 28 heavy (non-hydrogen) atoms. The van der Waals surface area contributed by atoms with E-state index >= 15 is 0 Å². The maximum absolute atomic E-state index is 10.4. The zero-order valence-electron chi connectivity index (χ0n) is 16.7. The fourth-order valence-corrected chi connectivity index (χ4v) is 4.70. The Morgan fingerprint density at radius 2 is 1.43 bits per heavy atom. The molecule has 2 N–H and O–H groups in total. The van der Waals surface area contributed by atoms with Gasteiger partial charge in [-0.2, -0.15) is 0 Å². The van der Waals surface area contributed by atoms with Gasteiger partial charge in [-0.3, -0.25) is 10.2 Å². The number of aliphatic hydroxyl groups is 1. The summed E-state index contributed by atoms with van der Waals surface area (Å²) in [4.78, 5) is 2.41. The Balaban J connectivity index is 1.44. The molecule has 2 aromatic rings. The van der Waals surface area contributed by atoms with Crippen molar-refractivity contribution >= 4 is 5.57 Å². The highest BCUT2D eigenvalue weighted by Gasteiger charge is 2.23. The van der Waals surface area contributed by atoms with Crippen molar-refractivity contribution in [2.24, 2.45) is 0 Å². The number of likely N-dealkylation sites (tertiary alicyclic amines) is 1. The Hall–Kier alpha value is -1.94. The standard InChI is InChI=1S/C25H32N2O/c28-24(26-23-13-7-8-14-23)19-27-17-15-22(16-18-27)25(20-9-3-1-4-10-20)21-11-5-2-6-12-21/h1-6,9-12,23-24,26,28H,7-8,13-19H2. The summed E-state index contributed by atoms with van der Waals surface area (Å²) in [5.74, 6) is 0. The van der Waals surface area contributed by atoms with E-state index in [-0.39, 0.29) is 0 Å². The summed E-state index contributed by atoms with van der Waals surface area (Å²) in [6, 6.07) is 22.0. The molecule has 1 saturated carbocycles. The molecule has 2 fully saturated rings. The van der Waals surface area contributed by atoms with Crippen molar-refractivity contribution in [3.63, 3.8) is 0 Å². The maximum atomic E-state index is 10.4. The zero-order valence-corrected chi connectivity index (χ0v) is 16.7. The molecule has 0 bridgehead atoms. The van der Waals surface area contributed by atoms with E-state index in [0.29, 0.717) is 6.04 Å². The number of rotatable bonds is 6. The summed E-state index contributed by atoms with van der Waals surface area (Å²) >= 11 is 0. The number of hydrogen-bond acceptors (Lipinski definition) is 3. The lowest BCUT2D eigenvalue weighted by Crippen LogP contribution is -2.46. The molecule has 2 aromatic carbocycles. The third-order valence-corrected chi connectivity index (χ3v) is 6.15. The molecule has 148 valence electrons. The van der Waals surface area contributed by atoms with Crippen molar-refractivity contribution in [2.75, 3.05) is 19.6 Å². The van der Waals surface area contributed by atoms with Gasteiger partial charge in [-0.05, 0) is 42.4 Å². The second kappa shape index (κ2) is 9.51. The topological polar surface area (TPSA) is 35.5 Å². The molecule has 1 saturated heterocycles. The van der Waals surface area contributed by atoms with Gasteiger partial charge in [0.15, 0.2) is 0 Å². The number of nitrogens with one attached hydrogen (secondary N) is 1. The van der Waals surface area contributed by atoms with Crippen molar-refractivity contribution in [1.29, 1.82) is 0 Å². The molecule has 0 amide bonds. The molecule has 0 radical (unpaired) electrons. The summed E-state index contributed by atoms with van der Waals surface area (Å²) in [6.45, 7) is 2.76. The van der Waals surface area contributed by atoms with Crippen LogP contribution in [0.5, 0.6) is 0 Å². The van der Waals surface area contributed by atoms with Gasteiger partial charge in [0.2, 0.25) is 0 Å². The number of nitrogens with zero attached hydrogens (tertiary/aromatic N) is 1. The molecule has 1 unspecified atom stereocenters. The van der Waals surface area contributed by atoms with E-state index in [4.69, 9.17) is 0 Å². The van der Waals surface area contributed by atoms with Crippen LogP contribution in [0.4, 0.5) is 0 Å². The first-order valence-corrected chi connectivity index (χ1v) is 10.8. The van der Waals surface area contributed by atoms with Crippen LogP contribution in [-0.4, -0.2) is 41.9 Å². The minimum absolute atomic E-state index is 0.406. The molecule has 2 aliphatic rings. The van der Waals surface area contributed by atoms with Crippen LogP contribution < -0.4 is 5.32 Å². The number of piperidine rings is 1. The Kier molecular flexibility index (Phi) is 6.58. The van der Waals surface area contributed by atoms with Crippen molar-refractivity contribution in [2.45, 2.75) is 50.8 Å². The number of benzene rings is 2. The molecule has 1 heterocycles. The molecular weight excluding hydrogens is 344 g/mol. The summed E-state index contributed by atoms with van der Waals surface area (Å²) in [7, 11) is 0. The van der Waals surface area contributed by atoms with Crippen LogP contribution in [-0.2, 0) is 0 Å². The predicted molar refractivity (Wildman–Crippen MR) is 116 cm³/mol. The molecule has 3 nitrogen and oxygen atoms in total. The normalized spacial score (nSPS) is 19.7. The lowest BCUT2D eigenvalue weighted by Gasteiger charge is -2.32. The van der Waals surface area contributed by atoms with E-state index in [2.05, 4.69) is 70.9 Å². The molecule has 1 atom stereocenters. The highest BCUT2D eigenvalue weighted by Crippen LogP contribution is 2.32. The molecule has 0 spiro atoms. The summed E-state index contributed by atoms with van der Waals surface area (Å²) < 4.78 is 0. The van der Waals surface area contributed by atoms with Gasteiger partial charge in [0.1, 0.15) is 6.23 Å². The van der Waals surface area contributed by atoms with Crippen LogP contribution in [0.3, 0.4) is 0 Å². The number of aliphatic hydroxyl groups excluding tert-OH is 1. The second-order valence-electron chi connectivity index (χ2n) is 8.18. The smallest absolute Gasteiger partial charge is 0.117 e. The van der Waals surface area contributed by atoms with E-state index in [0.717, 1.165) is 32.5 Å². The molecule has 1 aliphatic heterocycles. The van der Waals surface area contributed by atoms with Gasteiger partial charge >= 0.3 is 0 Å². The Morgan fingerprint density at radius 1 is 0.893 bits per heavy atom. The number of β-amino-alcohol motifs (C(OH)–C–C–N with tert-alkyl or cyclic N) is 1.